The Morgan fingerprint density at radius 3 is 2.44 bits per heavy atom. The minimum Gasteiger partial charge on any atom is -0.256 e. The number of fused-ring (bicyclic) bond motifs is 1. The van der Waals surface area contributed by atoms with Gasteiger partial charge in [0.1, 0.15) is 6.07 Å². The molecule has 0 amide bonds. The van der Waals surface area contributed by atoms with Crippen LogP contribution in [0.1, 0.15) is 60.5 Å². The highest BCUT2D eigenvalue weighted by atomic mass is 19.3. The predicted octanol–water partition coefficient (Wildman–Crippen LogP) is 5.40. The quantitative estimate of drug-likeness (QED) is 0.687. The zero-order chi connectivity index (χ0) is 17.4. The first-order chi connectivity index (χ1) is 12.1. The van der Waals surface area contributed by atoms with Gasteiger partial charge in [0.15, 0.2) is 0 Å². The first-order valence-corrected chi connectivity index (χ1v) is 8.98. The molecule has 2 nitrogen and oxygen atoms in total. The van der Waals surface area contributed by atoms with Gasteiger partial charge in [-0.25, -0.2) is 8.78 Å². The fourth-order valence-electron chi connectivity index (χ4n) is 4.13. The van der Waals surface area contributed by atoms with Gasteiger partial charge in [0, 0.05) is 30.0 Å². The molecule has 0 unspecified atom stereocenters. The Hall–Kier alpha value is -2.28. The van der Waals surface area contributed by atoms with Crippen molar-refractivity contribution in [2.24, 2.45) is 0 Å². The minimum atomic E-state index is -2.61. The Morgan fingerprint density at radius 1 is 1.04 bits per heavy atom. The molecule has 2 aliphatic rings. The normalized spacial score (nSPS) is 19.4. The van der Waals surface area contributed by atoms with Gasteiger partial charge in [-0.15, -0.1) is 0 Å². The molecule has 4 rings (SSSR count). The summed E-state index contributed by atoms with van der Waals surface area (Å²) >= 11 is 0. The number of benzene rings is 1. The maximum Gasteiger partial charge on any atom is 0.249 e. The Morgan fingerprint density at radius 2 is 1.76 bits per heavy atom. The number of aryl methyl sites for hydroxylation is 1. The van der Waals surface area contributed by atoms with Gasteiger partial charge in [0.2, 0.25) is 5.92 Å². The van der Waals surface area contributed by atoms with Crippen molar-refractivity contribution in [1.82, 2.24) is 4.98 Å². The van der Waals surface area contributed by atoms with Crippen molar-refractivity contribution >= 4 is 0 Å². The third-order valence-corrected chi connectivity index (χ3v) is 5.40. The SMILES string of the molecule is N#Cc1c(C2CC(F)(F)C2)nc2c(c1-c1ccccc1)CCCCC2. The van der Waals surface area contributed by atoms with Crippen molar-refractivity contribution in [2.45, 2.75) is 56.8 Å². The second-order valence-electron chi connectivity index (χ2n) is 7.17. The smallest absolute Gasteiger partial charge is 0.249 e. The van der Waals surface area contributed by atoms with E-state index in [0.717, 1.165) is 54.5 Å². The molecule has 1 aromatic heterocycles. The van der Waals surface area contributed by atoms with E-state index in [0.29, 0.717) is 11.3 Å². The third-order valence-electron chi connectivity index (χ3n) is 5.40. The van der Waals surface area contributed by atoms with Crippen molar-refractivity contribution in [3.63, 3.8) is 0 Å². The number of alkyl halides is 2. The molecule has 1 saturated carbocycles. The van der Waals surface area contributed by atoms with Crippen LogP contribution in [0.2, 0.25) is 0 Å². The number of nitrogens with zero attached hydrogens (tertiary/aromatic N) is 2. The number of hydrogen-bond acceptors (Lipinski definition) is 2. The molecule has 0 aliphatic heterocycles. The summed E-state index contributed by atoms with van der Waals surface area (Å²) in [6.45, 7) is 0. The minimum absolute atomic E-state index is 0.193. The van der Waals surface area contributed by atoms with Crippen LogP contribution in [-0.4, -0.2) is 10.9 Å². The molecular weight excluding hydrogens is 318 g/mol. The van der Waals surface area contributed by atoms with E-state index in [1.165, 1.54) is 0 Å². The lowest BCUT2D eigenvalue weighted by Gasteiger charge is -2.35. The van der Waals surface area contributed by atoms with Gasteiger partial charge in [-0.05, 0) is 36.8 Å². The molecule has 2 aliphatic carbocycles. The number of pyridine rings is 1. The molecule has 0 spiro atoms. The summed E-state index contributed by atoms with van der Waals surface area (Å²) in [6, 6.07) is 12.2. The maximum absolute atomic E-state index is 13.4. The fraction of sp³-hybridized carbons (Fsp3) is 0.429. The van der Waals surface area contributed by atoms with E-state index in [4.69, 9.17) is 4.98 Å². The summed E-state index contributed by atoms with van der Waals surface area (Å²) in [4.78, 5) is 4.76. The predicted molar refractivity (Wildman–Crippen MR) is 92.6 cm³/mol. The molecule has 0 bridgehead atoms. The van der Waals surface area contributed by atoms with Crippen molar-refractivity contribution < 1.29 is 8.78 Å². The van der Waals surface area contributed by atoms with E-state index < -0.39 is 5.92 Å². The molecule has 1 aromatic carbocycles. The van der Waals surface area contributed by atoms with Crippen LogP contribution in [0.3, 0.4) is 0 Å². The third kappa shape index (κ3) is 2.93. The van der Waals surface area contributed by atoms with E-state index in [1.807, 2.05) is 30.3 Å². The molecule has 1 heterocycles. The molecule has 2 aromatic rings. The van der Waals surface area contributed by atoms with Gasteiger partial charge in [-0.1, -0.05) is 36.8 Å². The Labute approximate surface area is 146 Å². The van der Waals surface area contributed by atoms with Crippen LogP contribution in [0.5, 0.6) is 0 Å². The molecule has 1 fully saturated rings. The van der Waals surface area contributed by atoms with Gasteiger partial charge in [0.25, 0.3) is 0 Å². The lowest BCUT2D eigenvalue weighted by Crippen LogP contribution is -2.35. The Balaban J connectivity index is 1.92. The topological polar surface area (TPSA) is 36.7 Å². The van der Waals surface area contributed by atoms with Crippen molar-refractivity contribution in [1.29, 1.82) is 5.26 Å². The van der Waals surface area contributed by atoms with Gasteiger partial charge in [-0.2, -0.15) is 5.26 Å². The second-order valence-corrected chi connectivity index (χ2v) is 7.17. The van der Waals surface area contributed by atoms with E-state index in [-0.39, 0.29) is 18.8 Å². The first kappa shape index (κ1) is 16.2. The maximum atomic E-state index is 13.4. The van der Waals surface area contributed by atoms with Crippen LogP contribution in [0.4, 0.5) is 8.78 Å². The second kappa shape index (κ2) is 6.22. The molecule has 25 heavy (non-hydrogen) atoms. The van der Waals surface area contributed by atoms with Crippen LogP contribution >= 0.6 is 0 Å². The molecule has 4 heteroatoms. The van der Waals surface area contributed by atoms with E-state index in [2.05, 4.69) is 6.07 Å². The molecule has 0 saturated heterocycles. The summed E-state index contributed by atoms with van der Waals surface area (Å²) in [6.07, 6.45) is 4.69. The first-order valence-electron chi connectivity index (χ1n) is 8.98. The average Bonchev–Trinajstić information content (AvgIpc) is 2.83. The van der Waals surface area contributed by atoms with Crippen molar-refractivity contribution in [2.75, 3.05) is 0 Å². The van der Waals surface area contributed by atoms with Crippen LogP contribution in [0.25, 0.3) is 11.1 Å². The molecule has 0 radical (unpaired) electrons. The zero-order valence-electron chi connectivity index (χ0n) is 14.1. The number of rotatable bonds is 2. The summed E-state index contributed by atoms with van der Waals surface area (Å²) in [5, 5.41) is 9.85. The molecule has 128 valence electrons. The number of aromatic nitrogens is 1. The summed E-state index contributed by atoms with van der Waals surface area (Å²) in [5.74, 6) is -2.92. The monoisotopic (exact) mass is 338 g/mol. The van der Waals surface area contributed by atoms with Crippen LogP contribution in [0, 0.1) is 11.3 Å². The highest BCUT2D eigenvalue weighted by molar-refractivity contribution is 5.76. The molecular formula is C21H20F2N2. The van der Waals surface area contributed by atoms with Crippen LogP contribution < -0.4 is 0 Å². The highest BCUT2D eigenvalue weighted by Gasteiger charge is 2.47. The van der Waals surface area contributed by atoms with Gasteiger partial charge in [0.05, 0.1) is 11.3 Å². The van der Waals surface area contributed by atoms with Gasteiger partial charge in [-0.3, -0.25) is 4.98 Å². The number of halogens is 2. The van der Waals surface area contributed by atoms with E-state index >= 15 is 0 Å². The standard InChI is InChI=1S/C21H20F2N2/c22-21(23)11-15(12-21)20-17(13-24)19(14-7-3-1-4-8-14)16-9-5-2-6-10-18(16)25-20/h1,3-4,7-8,15H,2,5-6,9-12H2. The lowest BCUT2D eigenvalue weighted by molar-refractivity contribution is -0.0876. The van der Waals surface area contributed by atoms with Crippen molar-refractivity contribution in [3.8, 4) is 17.2 Å². The number of nitriles is 1. The molecule has 0 atom stereocenters. The summed E-state index contributed by atoms with van der Waals surface area (Å²) in [7, 11) is 0. The summed E-state index contributed by atoms with van der Waals surface area (Å²) in [5.41, 5.74) is 5.18. The van der Waals surface area contributed by atoms with E-state index in [1.54, 1.807) is 0 Å². The highest BCUT2D eigenvalue weighted by Crippen LogP contribution is 2.50. The summed E-state index contributed by atoms with van der Waals surface area (Å²) < 4.78 is 26.9. The molecule has 0 N–H and O–H groups in total. The van der Waals surface area contributed by atoms with Crippen molar-refractivity contribution in [3.05, 3.63) is 52.8 Å². The van der Waals surface area contributed by atoms with Crippen LogP contribution in [-0.2, 0) is 12.8 Å². The lowest BCUT2D eigenvalue weighted by atomic mass is 9.76. The van der Waals surface area contributed by atoms with Gasteiger partial charge < -0.3 is 0 Å². The van der Waals surface area contributed by atoms with E-state index in [9.17, 15) is 14.0 Å². The Bertz CT molecular complexity index is 829. The number of hydrogen-bond donors (Lipinski definition) is 0. The average molecular weight is 338 g/mol. The fourth-order valence-corrected chi connectivity index (χ4v) is 4.13. The largest absolute Gasteiger partial charge is 0.256 e. The van der Waals surface area contributed by atoms with Crippen LogP contribution in [0.15, 0.2) is 30.3 Å². The van der Waals surface area contributed by atoms with Gasteiger partial charge >= 0.3 is 0 Å². The zero-order valence-corrected chi connectivity index (χ0v) is 14.1. The Kier molecular flexibility index (Phi) is 4.03.